The molecule has 3 rings (SSSR count). The molecule has 2 aromatic rings. The minimum Gasteiger partial charge on any atom is -0.481 e. The van der Waals surface area contributed by atoms with Crippen molar-refractivity contribution < 1.29 is 19.1 Å². The Morgan fingerprint density at radius 2 is 2.35 bits per heavy atom. The summed E-state index contributed by atoms with van der Waals surface area (Å²) in [5.41, 5.74) is 1.52. The smallest absolute Gasteiger partial charge is 0.308 e. The number of rotatable bonds is 4. The lowest BCUT2D eigenvalue weighted by Crippen LogP contribution is -2.43. The van der Waals surface area contributed by atoms with E-state index in [1.165, 1.54) is 0 Å². The zero-order valence-electron chi connectivity index (χ0n) is 12.8. The topological polar surface area (TPSA) is 83.6 Å². The van der Waals surface area contributed by atoms with E-state index in [1.54, 1.807) is 23.2 Å². The van der Waals surface area contributed by atoms with Gasteiger partial charge in [0.05, 0.1) is 18.0 Å². The van der Waals surface area contributed by atoms with Crippen LogP contribution in [0.3, 0.4) is 0 Å². The summed E-state index contributed by atoms with van der Waals surface area (Å²) in [5.74, 6) is -0.239. The first kappa shape index (κ1) is 15.7. The quantitative estimate of drug-likeness (QED) is 0.929. The fraction of sp³-hybridized carbons (Fsp3) is 0.438. The maximum absolute atomic E-state index is 12.4. The Hall–Kier alpha value is -2.15. The molecule has 0 spiro atoms. The predicted octanol–water partition coefficient (Wildman–Crippen LogP) is 2.58. The van der Waals surface area contributed by atoms with Crippen molar-refractivity contribution in [2.24, 2.45) is 5.92 Å². The summed E-state index contributed by atoms with van der Waals surface area (Å²) < 4.78 is 5.64. The molecular weight excluding hydrogens is 316 g/mol. The van der Waals surface area contributed by atoms with Crippen LogP contribution in [0.5, 0.6) is 0 Å². The zero-order valence-corrected chi connectivity index (χ0v) is 13.6. The maximum Gasteiger partial charge on any atom is 0.308 e. The van der Waals surface area contributed by atoms with Gasteiger partial charge in [-0.1, -0.05) is 0 Å². The molecule has 0 aliphatic carbocycles. The van der Waals surface area contributed by atoms with Crippen molar-refractivity contribution in [2.45, 2.75) is 26.2 Å². The van der Waals surface area contributed by atoms with Crippen molar-refractivity contribution in [3.63, 3.8) is 0 Å². The van der Waals surface area contributed by atoms with E-state index < -0.39 is 11.9 Å². The third-order valence-corrected chi connectivity index (χ3v) is 4.79. The number of carboxylic acids is 1. The van der Waals surface area contributed by atoms with E-state index in [0.29, 0.717) is 30.3 Å². The zero-order chi connectivity index (χ0) is 16.4. The molecule has 7 heteroatoms. The van der Waals surface area contributed by atoms with Crippen LogP contribution in [0.1, 0.15) is 24.3 Å². The number of likely N-dealkylation sites (tertiary alicyclic amines) is 1. The number of hydrogen-bond donors (Lipinski definition) is 1. The van der Waals surface area contributed by atoms with Crippen molar-refractivity contribution in [3.05, 3.63) is 28.3 Å². The van der Waals surface area contributed by atoms with Gasteiger partial charge >= 0.3 is 5.97 Å². The second-order valence-electron chi connectivity index (χ2n) is 5.73. The van der Waals surface area contributed by atoms with Crippen molar-refractivity contribution in [2.75, 3.05) is 13.1 Å². The summed E-state index contributed by atoms with van der Waals surface area (Å²) in [6.45, 7) is 2.68. The third kappa shape index (κ3) is 3.44. The Morgan fingerprint density at radius 1 is 1.52 bits per heavy atom. The van der Waals surface area contributed by atoms with E-state index in [0.717, 1.165) is 12.0 Å². The first-order chi connectivity index (χ1) is 11.0. The number of thiophene rings is 1. The van der Waals surface area contributed by atoms with Gasteiger partial charge in [0.1, 0.15) is 5.76 Å². The van der Waals surface area contributed by atoms with Crippen LogP contribution >= 0.6 is 11.3 Å². The number of carboxylic acid groups (broad SMARTS) is 1. The monoisotopic (exact) mass is 334 g/mol. The van der Waals surface area contributed by atoms with Gasteiger partial charge in [-0.15, -0.1) is 0 Å². The summed E-state index contributed by atoms with van der Waals surface area (Å²) >= 11 is 1.56. The average Bonchev–Trinajstić information content (AvgIpc) is 3.18. The highest BCUT2D eigenvalue weighted by molar-refractivity contribution is 7.08. The molecule has 6 nitrogen and oxygen atoms in total. The number of hydrogen-bond acceptors (Lipinski definition) is 5. The lowest BCUT2D eigenvalue weighted by atomic mass is 9.98. The van der Waals surface area contributed by atoms with Gasteiger partial charge in [-0.3, -0.25) is 9.59 Å². The molecule has 1 saturated heterocycles. The van der Waals surface area contributed by atoms with Crippen LogP contribution in [-0.4, -0.2) is 40.0 Å². The lowest BCUT2D eigenvalue weighted by molar-refractivity contribution is -0.145. The van der Waals surface area contributed by atoms with Crippen molar-refractivity contribution >= 4 is 23.2 Å². The Kier molecular flexibility index (Phi) is 4.47. The Bertz CT molecular complexity index is 708. The molecular formula is C16H18N2O4S. The molecule has 122 valence electrons. The first-order valence-electron chi connectivity index (χ1n) is 7.54. The molecule has 2 aromatic heterocycles. The fourth-order valence-corrected chi connectivity index (χ4v) is 3.39. The second kappa shape index (κ2) is 6.54. The first-order valence-corrected chi connectivity index (χ1v) is 8.48. The van der Waals surface area contributed by atoms with Crippen molar-refractivity contribution in [3.8, 4) is 11.5 Å². The van der Waals surface area contributed by atoms with Crippen LogP contribution in [0.4, 0.5) is 0 Å². The number of carbonyl (C=O) groups is 2. The minimum atomic E-state index is -0.833. The molecule has 3 heterocycles. The standard InChI is InChI=1S/C16H18N2O4S/c1-10-13(17-15(22-10)12-4-6-23-9-12)7-14(19)18-5-2-3-11(8-18)16(20)21/h4,6,9,11H,2-3,5,7-8H2,1H3,(H,20,21)/t11-/m0/s1. The average molecular weight is 334 g/mol. The molecule has 1 aliphatic heterocycles. The number of piperidine rings is 1. The molecule has 1 amide bonds. The lowest BCUT2D eigenvalue weighted by Gasteiger charge is -2.30. The Morgan fingerprint density at radius 3 is 3.04 bits per heavy atom. The van der Waals surface area contributed by atoms with Gasteiger partial charge in [0.25, 0.3) is 0 Å². The molecule has 1 N–H and O–H groups in total. The van der Waals surface area contributed by atoms with E-state index in [1.807, 2.05) is 16.8 Å². The van der Waals surface area contributed by atoms with Crippen LogP contribution in [0, 0.1) is 12.8 Å². The van der Waals surface area contributed by atoms with E-state index in [4.69, 9.17) is 9.52 Å². The molecule has 1 fully saturated rings. The minimum absolute atomic E-state index is 0.0933. The summed E-state index contributed by atoms with van der Waals surface area (Å²) in [5, 5.41) is 13.0. The van der Waals surface area contributed by atoms with E-state index >= 15 is 0 Å². The number of oxazole rings is 1. The SMILES string of the molecule is Cc1oc(-c2ccsc2)nc1CC(=O)N1CCC[C@H](C(=O)O)C1. The summed E-state index contributed by atoms with van der Waals surface area (Å²) in [6.07, 6.45) is 1.50. The third-order valence-electron chi connectivity index (χ3n) is 4.10. The van der Waals surface area contributed by atoms with Gasteiger partial charge in [-0.25, -0.2) is 4.98 Å². The molecule has 0 saturated carbocycles. The number of aromatic nitrogens is 1. The Labute approximate surface area is 137 Å². The van der Waals surface area contributed by atoms with Gasteiger partial charge in [0.15, 0.2) is 0 Å². The highest BCUT2D eigenvalue weighted by Gasteiger charge is 2.28. The molecule has 1 aliphatic rings. The molecule has 0 aromatic carbocycles. The number of aryl methyl sites for hydroxylation is 1. The van der Waals surface area contributed by atoms with Crippen LogP contribution in [0.15, 0.2) is 21.2 Å². The number of amides is 1. The van der Waals surface area contributed by atoms with Gasteiger partial charge in [0.2, 0.25) is 11.8 Å². The molecule has 0 radical (unpaired) electrons. The largest absolute Gasteiger partial charge is 0.481 e. The van der Waals surface area contributed by atoms with E-state index in [2.05, 4.69) is 4.98 Å². The maximum atomic E-state index is 12.4. The van der Waals surface area contributed by atoms with Crippen molar-refractivity contribution in [1.29, 1.82) is 0 Å². The van der Waals surface area contributed by atoms with Crippen LogP contribution in [0.2, 0.25) is 0 Å². The number of nitrogens with zero attached hydrogens (tertiary/aromatic N) is 2. The Balaban J connectivity index is 1.69. The summed E-state index contributed by atoms with van der Waals surface area (Å²) in [6, 6.07) is 1.92. The highest BCUT2D eigenvalue weighted by Crippen LogP contribution is 2.25. The van der Waals surface area contributed by atoms with Crippen LogP contribution in [0.25, 0.3) is 11.5 Å². The molecule has 0 bridgehead atoms. The van der Waals surface area contributed by atoms with Crippen LogP contribution < -0.4 is 0 Å². The van der Waals surface area contributed by atoms with Gasteiger partial charge in [-0.05, 0) is 31.2 Å². The van der Waals surface area contributed by atoms with E-state index in [9.17, 15) is 9.59 Å². The normalized spacial score (nSPS) is 18.1. The fourth-order valence-electron chi connectivity index (χ4n) is 2.76. The van der Waals surface area contributed by atoms with Crippen molar-refractivity contribution in [1.82, 2.24) is 9.88 Å². The predicted molar refractivity (Wildman–Crippen MR) is 85.2 cm³/mol. The highest BCUT2D eigenvalue weighted by atomic mass is 32.1. The summed E-state index contributed by atoms with van der Waals surface area (Å²) in [7, 11) is 0. The molecule has 1 atom stereocenters. The van der Waals surface area contributed by atoms with Gasteiger partial charge in [0, 0.05) is 24.0 Å². The molecule has 23 heavy (non-hydrogen) atoms. The van der Waals surface area contributed by atoms with Gasteiger partial charge < -0.3 is 14.4 Å². The summed E-state index contributed by atoms with van der Waals surface area (Å²) in [4.78, 5) is 29.6. The second-order valence-corrected chi connectivity index (χ2v) is 6.51. The number of aliphatic carboxylic acids is 1. The molecule has 0 unspecified atom stereocenters. The van der Waals surface area contributed by atoms with Gasteiger partial charge in [-0.2, -0.15) is 11.3 Å². The number of carbonyl (C=O) groups excluding carboxylic acids is 1. The van der Waals surface area contributed by atoms with Crippen LogP contribution in [-0.2, 0) is 16.0 Å². The van der Waals surface area contributed by atoms with E-state index in [-0.39, 0.29) is 18.9 Å².